The van der Waals surface area contributed by atoms with Crippen LogP contribution in [0, 0.1) is 11.8 Å². The summed E-state index contributed by atoms with van der Waals surface area (Å²) >= 11 is 0. The molecular weight excluding hydrogens is 372 g/mol. The Hall–Kier alpha value is -1.61. The third-order valence-corrected chi connectivity index (χ3v) is 6.62. The van der Waals surface area contributed by atoms with E-state index in [2.05, 4.69) is 37.8 Å². The van der Waals surface area contributed by atoms with Gasteiger partial charge in [-0.15, -0.1) is 0 Å². The van der Waals surface area contributed by atoms with E-state index in [4.69, 9.17) is 4.74 Å². The minimum absolute atomic E-state index is 0.106. The average molecular weight is 415 g/mol. The summed E-state index contributed by atoms with van der Waals surface area (Å²) in [5.74, 6) is 1.43. The van der Waals surface area contributed by atoms with E-state index in [1.807, 2.05) is 0 Å². The number of carbonyl (C=O) groups is 1. The molecule has 3 heteroatoms. The fourth-order valence-corrected chi connectivity index (χ4v) is 4.65. The second kappa shape index (κ2) is 13.6. The third kappa shape index (κ3) is 8.63. The predicted molar refractivity (Wildman–Crippen MR) is 125 cm³/mol. The van der Waals surface area contributed by atoms with Crippen molar-refractivity contribution >= 4 is 5.97 Å². The molecule has 1 fully saturated rings. The van der Waals surface area contributed by atoms with Gasteiger partial charge in [-0.05, 0) is 74.3 Å². The van der Waals surface area contributed by atoms with Crippen LogP contribution in [0.3, 0.4) is 0 Å². The maximum absolute atomic E-state index is 11.6. The van der Waals surface area contributed by atoms with Gasteiger partial charge in [0.1, 0.15) is 0 Å². The van der Waals surface area contributed by atoms with Gasteiger partial charge in [0.05, 0.1) is 6.61 Å². The van der Waals surface area contributed by atoms with E-state index in [0.29, 0.717) is 24.5 Å². The second-order valence-corrected chi connectivity index (χ2v) is 9.27. The van der Waals surface area contributed by atoms with Crippen LogP contribution >= 0.6 is 0 Å². The zero-order chi connectivity index (χ0) is 21.8. The molecule has 0 heterocycles. The van der Waals surface area contributed by atoms with Crippen molar-refractivity contribution in [2.45, 2.75) is 90.4 Å². The Labute approximate surface area is 183 Å². The van der Waals surface area contributed by atoms with Gasteiger partial charge in [-0.2, -0.15) is 0 Å². The third-order valence-electron chi connectivity index (χ3n) is 6.62. The molecule has 1 aromatic rings. The monoisotopic (exact) mass is 414 g/mol. The van der Waals surface area contributed by atoms with Gasteiger partial charge < -0.3 is 9.84 Å². The van der Waals surface area contributed by atoms with Gasteiger partial charge >= 0.3 is 5.97 Å². The quantitative estimate of drug-likeness (QED) is 0.225. The van der Waals surface area contributed by atoms with Crippen molar-refractivity contribution in [2.75, 3.05) is 13.2 Å². The molecule has 3 nitrogen and oxygen atoms in total. The lowest BCUT2D eigenvalue weighted by molar-refractivity contribution is -0.140. The Balaban J connectivity index is 1.79. The summed E-state index contributed by atoms with van der Waals surface area (Å²) in [6.07, 6.45) is 13.8. The number of ether oxygens (including phenoxy) is 1. The van der Waals surface area contributed by atoms with E-state index in [9.17, 15) is 9.90 Å². The predicted octanol–water partition coefficient (Wildman–Crippen LogP) is 6.59. The summed E-state index contributed by atoms with van der Waals surface area (Å²) in [6, 6.07) is 9.02. The highest BCUT2D eigenvalue weighted by Gasteiger charge is 2.22. The summed E-state index contributed by atoms with van der Waals surface area (Å²) < 4.78 is 5.31. The molecule has 1 aromatic carbocycles. The van der Waals surface area contributed by atoms with Crippen LogP contribution in [0.4, 0.5) is 0 Å². The lowest BCUT2D eigenvalue weighted by atomic mass is 9.77. The normalized spacial score (nSPS) is 20.0. The first-order chi connectivity index (χ1) is 14.5. The highest BCUT2D eigenvalue weighted by Crippen LogP contribution is 2.37. The summed E-state index contributed by atoms with van der Waals surface area (Å²) in [5, 5.41) is 9.35. The summed E-state index contributed by atoms with van der Waals surface area (Å²) in [6.45, 7) is 7.99. The Morgan fingerprint density at radius 1 is 1.13 bits per heavy atom. The minimum Gasteiger partial charge on any atom is -0.462 e. The van der Waals surface area contributed by atoms with Crippen LogP contribution in [0.2, 0.25) is 0 Å². The van der Waals surface area contributed by atoms with E-state index in [1.165, 1.54) is 68.9 Å². The number of aliphatic hydroxyl groups excluding tert-OH is 1. The van der Waals surface area contributed by atoms with Gasteiger partial charge in [0, 0.05) is 12.2 Å². The first-order valence-electron chi connectivity index (χ1n) is 12.1. The fourth-order valence-electron chi connectivity index (χ4n) is 4.65. The molecule has 2 rings (SSSR count). The van der Waals surface area contributed by atoms with Gasteiger partial charge in [-0.1, -0.05) is 69.9 Å². The van der Waals surface area contributed by atoms with Crippen LogP contribution in [-0.2, 0) is 16.0 Å². The van der Waals surface area contributed by atoms with E-state index < -0.39 is 0 Å². The van der Waals surface area contributed by atoms with E-state index >= 15 is 0 Å². The van der Waals surface area contributed by atoms with Gasteiger partial charge in [-0.3, -0.25) is 0 Å². The summed E-state index contributed by atoms with van der Waals surface area (Å²) in [5.41, 5.74) is 3.13. The first kappa shape index (κ1) is 24.7. The molecule has 1 unspecified atom stereocenters. The van der Waals surface area contributed by atoms with Crippen molar-refractivity contribution in [1.82, 2.24) is 0 Å². The standard InChI is InChI=1S/C27H42O3/c1-4-5-6-7-8-22-9-13-25(14-10-22)26-15-11-23(12-16-26)19-24(17-18-28)20-30-27(29)21(2)3/h11-12,15-16,22,24-25,28H,2,4-10,13-14,17-20H2,1,3H3. The number of hydrogen-bond acceptors (Lipinski definition) is 3. The van der Waals surface area contributed by atoms with E-state index in [0.717, 1.165) is 12.3 Å². The number of benzene rings is 1. The Kier molecular flexibility index (Phi) is 11.2. The van der Waals surface area contributed by atoms with Gasteiger partial charge in [0.25, 0.3) is 0 Å². The molecule has 0 aliphatic heterocycles. The largest absolute Gasteiger partial charge is 0.462 e. The number of esters is 1. The van der Waals surface area contributed by atoms with Crippen LogP contribution in [0.25, 0.3) is 0 Å². The molecule has 0 amide bonds. The molecule has 168 valence electrons. The lowest BCUT2D eigenvalue weighted by Crippen LogP contribution is -2.18. The highest BCUT2D eigenvalue weighted by molar-refractivity contribution is 5.86. The molecule has 1 aliphatic rings. The molecular formula is C27H42O3. The molecule has 0 saturated heterocycles. The van der Waals surface area contributed by atoms with E-state index in [-0.39, 0.29) is 18.5 Å². The molecule has 1 aliphatic carbocycles. The number of carbonyl (C=O) groups excluding carboxylic acids is 1. The molecule has 0 aromatic heterocycles. The maximum Gasteiger partial charge on any atom is 0.333 e. The topological polar surface area (TPSA) is 46.5 Å². The van der Waals surface area contributed by atoms with Crippen molar-refractivity contribution in [3.05, 3.63) is 47.5 Å². The number of unbranched alkanes of at least 4 members (excludes halogenated alkanes) is 3. The van der Waals surface area contributed by atoms with Gasteiger partial charge in [0.2, 0.25) is 0 Å². The Morgan fingerprint density at radius 3 is 2.43 bits per heavy atom. The number of hydrogen-bond donors (Lipinski definition) is 1. The fraction of sp³-hybridized carbons (Fsp3) is 0.667. The molecule has 0 bridgehead atoms. The van der Waals surface area contributed by atoms with E-state index in [1.54, 1.807) is 6.92 Å². The van der Waals surface area contributed by atoms with Crippen molar-refractivity contribution < 1.29 is 14.6 Å². The molecule has 0 radical (unpaired) electrons. The maximum atomic E-state index is 11.6. The molecule has 1 atom stereocenters. The Morgan fingerprint density at radius 2 is 1.83 bits per heavy atom. The van der Waals surface area contributed by atoms with Crippen molar-refractivity contribution in [3.63, 3.8) is 0 Å². The smallest absolute Gasteiger partial charge is 0.333 e. The van der Waals surface area contributed by atoms with Crippen LogP contribution in [-0.4, -0.2) is 24.3 Å². The SMILES string of the molecule is C=C(C)C(=O)OCC(CCO)Cc1ccc(C2CCC(CCCCCC)CC2)cc1. The highest BCUT2D eigenvalue weighted by atomic mass is 16.5. The zero-order valence-corrected chi connectivity index (χ0v) is 19.2. The van der Waals surface area contributed by atoms with Crippen molar-refractivity contribution in [1.29, 1.82) is 0 Å². The molecule has 1 saturated carbocycles. The van der Waals surface area contributed by atoms with Crippen molar-refractivity contribution in [3.8, 4) is 0 Å². The number of aliphatic hydroxyl groups is 1. The Bertz CT molecular complexity index is 626. The van der Waals surface area contributed by atoms with Crippen LogP contribution in [0.1, 0.15) is 95.1 Å². The van der Waals surface area contributed by atoms with Gasteiger partial charge in [0.15, 0.2) is 0 Å². The lowest BCUT2D eigenvalue weighted by Gasteiger charge is -2.29. The molecule has 30 heavy (non-hydrogen) atoms. The first-order valence-corrected chi connectivity index (χ1v) is 12.1. The number of rotatable bonds is 13. The summed E-state index contributed by atoms with van der Waals surface area (Å²) in [7, 11) is 0. The van der Waals surface area contributed by atoms with Gasteiger partial charge in [-0.25, -0.2) is 4.79 Å². The molecule has 1 N–H and O–H groups in total. The molecule has 0 spiro atoms. The minimum atomic E-state index is -0.353. The van der Waals surface area contributed by atoms with Crippen LogP contribution < -0.4 is 0 Å². The zero-order valence-electron chi connectivity index (χ0n) is 19.2. The average Bonchev–Trinajstić information content (AvgIpc) is 2.76. The summed E-state index contributed by atoms with van der Waals surface area (Å²) in [4.78, 5) is 11.6. The van der Waals surface area contributed by atoms with Crippen molar-refractivity contribution in [2.24, 2.45) is 11.8 Å². The van der Waals surface area contributed by atoms with Crippen LogP contribution in [0.15, 0.2) is 36.4 Å². The second-order valence-electron chi connectivity index (χ2n) is 9.27. The van der Waals surface area contributed by atoms with Crippen LogP contribution in [0.5, 0.6) is 0 Å².